The van der Waals surface area contributed by atoms with Crippen LogP contribution in [0.3, 0.4) is 0 Å². The summed E-state index contributed by atoms with van der Waals surface area (Å²) in [6.45, 7) is 9.75. The molecule has 2 aliphatic rings. The van der Waals surface area contributed by atoms with E-state index in [0.29, 0.717) is 36.1 Å². The Labute approximate surface area is 206 Å². The first-order chi connectivity index (χ1) is 16.3. The van der Waals surface area contributed by atoms with Crippen LogP contribution < -0.4 is 4.74 Å². The number of aromatic hydroxyl groups is 3. The second kappa shape index (κ2) is 8.92. The summed E-state index contributed by atoms with van der Waals surface area (Å²) in [7, 11) is 0. The highest BCUT2D eigenvalue weighted by atomic mass is 16.5. The summed E-state index contributed by atoms with van der Waals surface area (Å²) < 4.78 is 6.29. The molecule has 6 nitrogen and oxygen atoms in total. The summed E-state index contributed by atoms with van der Waals surface area (Å²) in [6.07, 6.45) is 5.11. The summed E-state index contributed by atoms with van der Waals surface area (Å²) in [5.41, 5.74) is 2.53. The molecule has 1 saturated carbocycles. The Morgan fingerprint density at radius 3 is 2.11 bits per heavy atom. The van der Waals surface area contributed by atoms with Crippen molar-refractivity contribution < 1.29 is 30.3 Å². The number of ether oxygens (including phenoxy) is 1. The Bertz CT molecular complexity index is 1170. The summed E-state index contributed by atoms with van der Waals surface area (Å²) in [5.74, 6) is 0.441. The minimum absolute atomic E-state index is 0.0167. The van der Waals surface area contributed by atoms with Crippen LogP contribution >= 0.6 is 0 Å². The van der Waals surface area contributed by atoms with Gasteiger partial charge in [-0.25, -0.2) is 0 Å². The Morgan fingerprint density at radius 2 is 1.51 bits per heavy atom. The van der Waals surface area contributed by atoms with Crippen molar-refractivity contribution in [2.45, 2.75) is 71.7 Å². The maximum Gasteiger partial charge on any atom is 0.164 e. The summed E-state index contributed by atoms with van der Waals surface area (Å²) in [6, 6.07) is 6.77. The van der Waals surface area contributed by atoms with Crippen LogP contribution in [0.25, 0.3) is 12.2 Å². The summed E-state index contributed by atoms with van der Waals surface area (Å²) >= 11 is 0. The van der Waals surface area contributed by atoms with Gasteiger partial charge in [-0.2, -0.15) is 0 Å². The van der Waals surface area contributed by atoms with E-state index in [1.165, 1.54) is 0 Å². The Hall–Kier alpha value is -2.96. The molecule has 0 radical (unpaired) electrons. The highest BCUT2D eigenvalue weighted by Gasteiger charge is 2.58. The molecule has 188 valence electrons. The molecule has 0 saturated heterocycles. The standard InChI is InChI=1S/C29H36O6/c1-16(2)6-9-20-21(30)11-18(12-22(20)31)8-7-17-10-19-14-25-28(3,4)27(34)24(33)15-29(25,5)35-26(19)23(32)13-17/h6-8,10-13,24-25,27,30-34H,9,14-15H2,1-5H3/t24-,25-,27-,29-/m1/s1. The van der Waals surface area contributed by atoms with Crippen LogP contribution in [0.15, 0.2) is 35.9 Å². The zero-order chi connectivity index (χ0) is 25.7. The molecule has 4 rings (SSSR count). The van der Waals surface area contributed by atoms with Crippen molar-refractivity contribution >= 4 is 12.2 Å². The van der Waals surface area contributed by atoms with E-state index < -0.39 is 23.2 Å². The molecule has 4 atom stereocenters. The SMILES string of the molecule is CC(C)=CCc1c(O)cc(C=Cc2cc(O)c3c(c2)C[C@@H]2C(C)(C)[C@H](O)[C@H](O)C[C@@]2(C)O3)cc1O. The van der Waals surface area contributed by atoms with Crippen molar-refractivity contribution in [3.8, 4) is 23.0 Å². The number of aliphatic hydroxyl groups excluding tert-OH is 2. The smallest absolute Gasteiger partial charge is 0.164 e. The normalized spacial score (nSPS) is 27.1. The number of phenolic OH excluding ortho intramolecular Hbond substituents is 3. The van der Waals surface area contributed by atoms with E-state index in [1.54, 1.807) is 24.3 Å². The Balaban J connectivity index is 1.63. The third kappa shape index (κ3) is 4.65. The molecule has 5 N–H and O–H groups in total. The number of fused-ring (bicyclic) bond motifs is 2. The molecule has 1 aliphatic heterocycles. The number of rotatable bonds is 4. The fourth-order valence-electron chi connectivity index (χ4n) is 5.73. The average Bonchev–Trinajstić information content (AvgIpc) is 2.75. The predicted molar refractivity (Wildman–Crippen MR) is 137 cm³/mol. The summed E-state index contributed by atoms with van der Waals surface area (Å²) in [4.78, 5) is 0. The molecule has 0 spiro atoms. The van der Waals surface area contributed by atoms with Crippen molar-refractivity contribution in [3.63, 3.8) is 0 Å². The van der Waals surface area contributed by atoms with E-state index in [9.17, 15) is 25.5 Å². The van der Waals surface area contributed by atoms with E-state index in [0.717, 1.165) is 16.7 Å². The zero-order valence-corrected chi connectivity index (χ0v) is 21.0. The van der Waals surface area contributed by atoms with E-state index in [4.69, 9.17) is 4.74 Å². The second-order valence-electron chi connectivity index (χ2n) is 11.1. The molecule has 0 aromatic heterocycles. The highest BCUT2D eigenvalue weighted by molar-refractivity contribution is 5.73. The fraction of sp³-hybridized carbons (Fsp3) is 0.448. The highest BCUT2D eigenvalue weighted by Crippen LogP contribution is 2.54. The number of aliphatic hydroxyl groups is 2. The number of hydrogen-bond acceptors (Lipinski definition) is 6. The van der Waals surface area contributed by atoms with Crippen LogP contribution in [0.4, 0.5) is 0 Å². The Morgan fingerprint density at radius 1 is 0.943 bits per heavy atom. The van der Waals surface area contributed by atoms with Gasteiger partial charge in [-0.3, -0.25) is 0 Å². The van der Waals surface area contributed by atoms with Crippen LogP contribution in [-0.2, 0) is 12.8 Å². The van der Waals surface area contributed by atoms with Crippen LogP contribution in [0.5, 0.6) is 23.0 Å². The molecule has 0 amide bonds. The molecule has 0 unspecified atom stereocenters. The molecule has 35 heavy (non-hydrogen) atoms. The monoisotopic (exact) mass is 480 g/mol. The third-order valence-electron chi connectivity index (χ3n) is 7.71. The van der Waals surface area contributed by atoms with Crippen molar-refractivity contribution in [2.75, 3.05) is 0 Å². The first-order valence-corrected chi connectivity index (χ1v) is 12.1. The van der Waals surface area contributed by atoms with Gasteiger partial charge in [-0.15, -0.1) is 0 Å². The van der Waals surface area contributed by atoms with Gasteiger partial charge in [-0.1, -0.05) is 37.6 Å². The second-order valence-corrected chi connectivity index (χ2v) is 11.1. The number of phenols is 3. The number of allylic oxidation sites excluding steroid dienone is 2. The molecule has 6 heteroatoms. The van der Waals surface area contributed by atoms with E-state index >= 15 is 0 Å². The predicted octanol–water partition coefficient (Wildman–Crippen LogP) is 4.94. The first kappa shape index (κ1) is 25.1. The van der Waals surface area contributed by atoms with Gasteiger partial charge in [0, 0.05) is 23.3 Å². The third-order valence-corrected chi connectivity index (χ3v) is 7.71. The van der Waals surface area contributed by atoms with Gasteiger partial charge in [-0.05, 0) is 74.6 Å². The van der Waals surface area contributed by atoms with Crippen molar-refractivity contribution in [3.05, 3.63) is 58.2 Å². The van der Waals surface area contributed by atoms with Crippen LogP contribution in [0.1, 0.15) is 63.3 Å². The van der Waals surface area contributed by atoms with Crippen LogP contribution in [0, 0.1) is 11.3 Å². The van der Waals surface area contributed by atoms with E-state index in [-0.39, 0.29) is 23.2 Å². The van der Waals surface area contributed by atoms with Gasteiger partial charge in [0.25, 0.3) is 0 Å². The van der Waals surface area contributed by atoms with Crippen molar-refractivity contribution in [1.82, 2.24) is 0 Å². The van der Waals surface area contributed by atoms with Gasteiger partial charge in [0.05, 0.1) is 12.2 Å². The topological polar surface area (TPSA) is 110 Å². The quantitative estimate of drug-likeness (QED) is 0.313. The molecule has 1 fully saturated rings. The summed E-state index contributed by atoms with van der Waals surface area (Å²) in [5, 5.41) is 52.6. The van der Waals surface area contributed by atoms with Gasteiger partial charge in [0.2, 0.25) is 0 Å². The van der Waals surface area contributed by atoms with Crippen LogP contribution in [-0.4, -0.2) is 43.3 Å². The number of benzene rings is 2. The lowest BCUT2D eigenvalue weighted by molar-refractivity contribution is -0.187. The number of hydrogen-bond donors (Lipinski definition) is 5. The van der Waals surface area contributed by atoms with Gasteiger partial charge >= 0.3 is 0 Å². The molecular weight excluding hydrogens is 444 g/mol. The molecule has 2 aromatic carbocycles. The van der Waals surface area contributed by atoms with Crippen LogP contribution in [0.2, 0.25) is 0 Å². The molecule has 2 aromatic rings. The van der Waals surface area contributed by atoms with Crippen molar-refractivity contribution in [1.29, 1.82) is 0 Å². The lowest BCUT2D eigenvalue weighted by Gasteiger charge is -2.56. The average molecular weight is 481 g/mol. The molecular formula is C29H36O6. The first-order valence-electron chi connectivity index (χ1n) is 12.1. The molecule has 0 bridgehead atoms. The fourth-order valence-corrected chi connectivity index (χ4v) is 5.73. The zero-order valence-electron chi connectivity index (χ0n) is 21.0. The van der Waals surface area contributed by atoms with E-state index in [2.05, 4.69) is 0 Å². The largest absolute Gasteiger partial charge is 0.507 e. The van der Waals surface area contributed by atoms with Gasteiger partial charge < -0.3 is 30.3 Å². The maximum absolute atomic E-state index is 10.8. The molecule has 1 aliphatic carbocycles. The van der Waals surface area contributed by atoms with Gasteiger partial charge in [0.1, 0.15) is 17.1 Å². The lowest BCUT2D eigenvalue weighted by atomic mass is 9.57. The maximum atomic E-state index is 10.8. The lowest BCUT2D eigenvalue weighted by Crippen LogP contribution is -2.63. The Kier molecular flexibility index (Phi) is 6.41. The van der Waals surface area contributed by atoms with Crippen molar-refractivity contribution in [2.24, 2.45) is 11.3 Å². The van der Waals surface area contributed by atoms with E-state index in [1.807, 2.05) is 52.8 Å². The minimum atomic E-state index is -0.890. The van der Waals surface area contributed by atoms with Gasteiger partial charge in [0.15, 0.2) is 11.5 Å². The molecule has 1 heterocycles. The minimum Gasteiger partial charge on any atom is -0.507 e.